The van der Waals surface area contributed by atoms with Crippen LogP contribution in [-0.4, -0.2) is 23.9 Å². The zero-order valence-corrected chi connectivity index (χ0v) is 8.31. The maximum absolute atomic E-state index is 11.3. The second-order valence-electron chi connectivity index (χ2n) is 2.98. The van der Waals surface area contributed by atoms with Gasteiger partial charge in [-0.15, -0.1) is 0 Å². The zero-order chi connectivity index (χ0) is 9.40. The Morgan fingerprint density at radius 1 is 1.25 bits per heavy atom. The van der Waals surface area contributed by atoms with Crippen LogP contribution in [-0.2, 0) is 4.79 Å². The number of hydrogen-bond acceptors (Lipinski definition) is 1. The van der Waals surface area contributed by atoms with E-state index in [-0.39, 0.29) is 5.91 Å². The van der Waals surface area contributed by atoms with Crippen molar-refractivity contribution in [2.45, 2.75) is 39.5 Å². The Balaban J connectivity index is 3.76. The largest absolute Gasteiger partial charge is 0.343 e. The molecule has 1 radical (unpaired) electrons. The summed E-state index contributed by atoms with van der Waals surface area (Å²) in [4.78, 5) is 13.2. The predicted molar refractivity (Wildman–Crippen MR) is 51.8 cm³/mol. The molecule has 0 aliphatic carbocycles. The minimum Gasteiger partial charge on any atom is -0.343 e. The van der Waals surface area contributed by atoms with Gasteiger partial charge in [0.1, 0.15) is 0 Å². The van der Waals surface area contributed by atoms with Crippen LogP contribution in [0.2, 0.25) is 0 Å². The van der Waals surface area contributed by atoms with Crippen molar-refractivity contribution >= 4 is 5.91 Å². The molecule has 0 saturated carbocycles. The molecule has 0 unspecified atom stereocenters. The summed E-state index contributed by atoms with van der Waals surface area (Å²) in [5.41, 5.74) is 0. The van der Waals surface area contributed by atoms with Crippen LogP contribution >= 0.6 is 0 Å². The highest BCUT2D eigenvalue weighted by Gasteiger charge is 2.08. The van der Waals surface area contributed by atoms with E-state index in [0.29, 0.717) is 6.42 Å². The monoisotopic (exact) mass is 170 g/mol. The van der Waals surface area contributed by atoms with Gasteiger partial charge in [0, 0.05) is 19.5 Å². The van der Waals surface area contributed by atoms with Crippen LogP contribution in [0.4, 0.5) is 0 Å². The third-order valence-electron chi connectivity index (χ3n) is 1.84. The molecular formula is C10H20NO. The van der Waals surface area contributed by atoms with Crippen molar-refractivity contribution in [1.29, 1.82) is 0 Å². The topological polar surface area (TPSA) is 20.3 Å². The molecule has 0 aromatic rings. The van der Waals surface area contributed by atoms with Gasteiger partial charge in [0.15, 0.2) is 0 Å². The summed E-state index contributed by atoms with van der Waals surface area (Å²) in [5, 5.41) is 0. The molecule has 2 nitrogen and oxygen atoms in total. The van der Waals surface area contributed by atoms with Crippen LogP contribution in [0.15, 0.2) is 0 Å². The van der Waals surface area contributed by atoms with E-state index in [9.17, 15) is 4.79 Å². The fourth-order valence-electron chi connectivity index (χ4n) is 1.14. The first-order valence-electron chi connectivity index (χ1n) is 4.83. The highest BCUT2D eigenvalue weighted by molar-refractivity contribution is 5.76. The second-order valence-corrected chi connectivity index (χ2v) is 2.98. The molecule has 0 aromatic heterocycles. The van der Waals surface area contributed by atoms with Gasteiger partial charge in [-0.1, -0.05) is 20.3 Å². The number of hydrogen-bond donors (Lipinski definition) is 0. The second kappa shape index (κ2) is 7.14. The molecule has 0 rings (SSSR count). The molecule has 2 heteroatoms. The Labute approximate surface area is 75.9 Å². The molecule has 71 valence electrons. The van der Waals surface area contributed by atoms with Gasteiger partial charge in [-0.2, -0.15) is 0 Å². The number of amides is 1. The summed E-state index contributed by atoms with van der Waals surface area (Å²) in [5.74, 6) is 0.185. The Bertz CT molecular complexity index is 123. The van der Waals surface area contributed by atoms with Crippen molar-refractivity contribution in [2.75, 3.05) is 13.1 Å². The van der Waals surface area contributed by atoms with Crippen LogP contribution in [0.1, 0.15) is 39.5 Å². The normalized spacial score (nSPS) is 9.92. The summed E-state index contributed by atoms with van der Waals surface area (Å²) in [6.07, 6.45) is 3.68. The molecule has 0 saturated heterocycles. The molecule has 0 aliphatic rings. The van der Waals surface area contributed by atoms with Crippen LogP contribution in [0.5, 0.6) is 0 Å². The summed E-state index contributed by atoms with van der Waals surface area (Å²) in [6, 6.07) is 0. The zero-order valence-electron chi connectivity index (χ0n) is 8.31. The van der Waals surface area contributed by atoms with Crippen LogP contribution in [0.3, 0.4) is 0 Å². The molecular weight excluding hydrogens is 150 g/mol. The molecule has 0 atom stereocenters. The first-order valence-corrected chi connectivity index (χ1v) is 4.83. The molecule has 0 N–H and O–H groups in total. The number of nitrogens with zero attached hydrogens (tertiary/aromatic N) is 1. The Morgan fingerprint density at radius 3 is 2.33 bits per heavy atom. The number of rotatable bonds is 6. The first-order chi connectivity index (χ1) is 5.76. The molecule has 0 bridgehead atoms. The maximum atomic E-state index is 11.3. The Morgan fingerprint density at radius 2 is 1.92 bits per heavy atom. The lowest BCUT2D eigenvalue weighted by atomic mass is 10.3. The van der Waals surface area contributed by atoms with Gasteiger partial charge in [-0.25, -0.2) is 0 Å². The molecule has 0 spiro atoms. The smallest absolute Gasteiger partial charge is 0.222 e. The van der Waals surface area contributed by atoms with Gasteiger partial charge in [-0.05, 0) is 19.8 Å². The summed E-state index contributed by atoms with van der Waals surface area (Å²) < 4.78 is 0. The van der Waals surface area contributed by atoms with Gasteiger partial charge in [-0.3, -0.25) is 4.79 Å². The van der Waals surface area contributed by atoms with E-state index in [1.807, 2.05) is 4.90 Å². The van der Waals surface area contributed by atoms with E-state index >= 15 is 0 Å². The van der Waals surface area contributed by atoms with E-state index in [0.717, 1.165) is 32.4 Å². The average molecular weight is 170 g/mol. The van der Waals surface area contributed by atoms with E-state index in [4.69, 9.17) is 0 Å². The molecule has 0 aromatic carbocycles. The van der Waals surface area contributed by atoms with Gasteiger partial charge >= 0.3 is 0 Å². The van der Waals surface area contributed by atoms with Gasteiger partial charge in [0.2, 0.25) is 5.91 Å². The minimum absolute atomic E-state index is 0.185. The van der Waals surface area contributed by atoms with Crippen molar-refractivity contribution in [3.8, 4) is 0 Å². The molecule has 0 heterocycles. The summed E-state index contributed by atoms with van der Waals surface area (Å²) in [7, 11) is 0. The summed E-state index contributed by atoms with van der Waals surface area (Å²) >= 11 is 0. The molecule has 1 amide bonds. The Kier molecular flexibility index (Phi) is 6.82. The van der Waals surface area contributed by atoms with E-state index in [2.05, 4.69) is 20.8 Å². The third kappa shape index (κ3) is 4.37. The highest BCUT2D eigenvalue weighted by Crippen LogP contribution is 1.99. The van der Waals surface area contributed by atoms with Crippen LogP contribution < -0.4 is 0 Å². The van der Waals surface area contributed by atoms with Crippen LogP contribution in [0, 0.1) is 6.92 Å². The van der Waals surface area contributed by atoms with Crippen molar-refractivity contribution in [2.24, 2.45) is 0 Å². The SMILES string of the molecule is [CH2]CC(=O)N(CCC)CCCC. The third-order valence-corrected chi connectivity index (χ3v) is 1.84. The molecule has 12 heavy (non-hydrogen) atoms. The first kappa shape index (κ1) is 11.5. The van der Waals surface area contributed by atoms with Crippen molar-refractivity contribution in [1.82, 2.24) is 4.90 Å². The quantitative estimate of drug-likeness (QED) is 0.598. The van der Waals surface area contributed by atoms with Crippen molar-refractivity contribution in [3.63, 3.8) is 0 Å². The van der Waals surface area contributed by atoms with Crippen molar-refractivity contribution in [3.05, 3.63) is 6.92 Å². The fraction of sp³-hybridized carbons (Fsp3) is 0.800. The van der Waals surface area contributed by atoms with Crippen molar-refractivity contribution < 1.29 is 4.79 Å². The fourth-order valence-corrected chi connectivity index (χ4v) is 1.14. The Hall–Kier alpha value is -0.530. The van der Waals surface area contributed by atoms with E-state index in [1.54, 1.807) is 0 Å². The lowest BCUT2D eigenvalue weighted by Crippen LogP contribution is -2.31. The molecule has 0 aliphatic heterocycles. The van der Waals surface area contributed by atoms with Crippen LogP contribution in [0.25, 0.3) is 0 Å². The summed E-state index contributed by atoms with van der Waals surface area (Å²) in [6.45, 7) is 9.62. The van der Waals surface area contributed by atoms with Gasteiger partial charge in [0.05, 0.1) is 0 Å². The highest BCUT2D eigenvalue weighted by atomic mass is 16.2. The number of carbonyl (C=O) groups is 1. The lowest BCUT2D eigenvalue weighted by molar-refractivity contribution is -0.130. The number of unbranched alkanes of at least 4 members (excludes halogenated alkanes) is 1. The van der Waals surface area contributed by atoms with E-state index in [1.165, 1.54) is 0 Å². The lowest BCUT2D eigenvalue weighted by Gasteiger charge is -2.20. The minimum atomic E-state index is 0.185. The molecule has 0 fully saturated rings. The van der Waals surface area contributed by atoms with Gasteiger partial charge in [0.25, 0.3) is 0 Å². The van der Waals surface area contributed by atoms with E-state index < -0.39 is 0 Å². The maximum Gasteiger partial charge on any atom is 0.222 e. The average Bonchev–Trinajstić information content (AvgIpc) is 2.11. The van der Waals surface area contributed by atoms with Gasteiger partial charge < -0.3 is 4.90 Å². The number of carbonyl (C=O) groups excluding carboxylic acids is 1. The standard InChI is InChI=1S/C10H20NO/c1-4-7-9-11(8-5-2)10(12)6-3/h3-9H2,1-2H3. The predicted octanol–water partition coefficient (Wildman–Crippen LogP) is 2.25.